The van der Waals surface area contributed by atoms with Gasteiger partial charge < -0.3 is 4.90 Å². The van der Waals surface area contributed by atoms with Gasteiger partial charge >= 0.3 is 0 Å². The topological polar surface area (TPSA) is 38.1 Å². The molecule has 1 aromatic heterocycles. The van der Waals surface area contributed by atoms with Gasteiger partial charge in [0.05, 0.1) is 12.3 Å². The number of hydrogen-bond donors (Lipinski definition) is 0. The first-order chi connectivity index (χ1) is 11.9. The van der Waals surface area contributed by atoms with E-state index in [0.29, 0.717) is 18.1 Å². The largest absolute Gasteiger partial charge is 0.336 e. The molecule has 0 unspecified atom stereocenters. The first-order valence-electron chi connectivity index (χ1n) is 8.21. The Morgan fingerprint density at radius 1 is 1.28 bits per heavy atom. The summed E-state index contributed by atoms with van der Waals surface area (Å²) in [5.41, 5.74) is 3.26. The van der Waals surface area contributed by atoms with Crippen molar-refractivity contribution in [3.8, 4) is 5.69 Å². The van der Waals surface area contributed by atoms with Crippen LogP contribution in [0, 0.1) is 13.8 Å². The second kappa shape index (κ2) is 8.99. The van der Waals surface area contributed by atoms with Gasteiger partial charge in [-0.05, 0) is 43.5 Å². The molecule has 0 atom stereocenters. The van der Waals surface area contributed by atoms with Crippen LogP contribution in [0.4, 0.5) is 8.78 Å². The molecule has 4 nitrogen and oxygen atoms in total. The van der Waals surface area contributed by atoms with Crippen molar-refractivity contribution in [3.05, 3.63) is 41.7 Å². The Kier molecular flexibility index (Phi) is 6.99. The number of nitrogens with zero attached hydrogens (tertiary/aromatic N) is 3. The molecule has 2 aromatic rings. The maximum Gasteiger partial charge on any atom is 0.255 e. The van der Waals surface area contributed by atoms with Crippen LogP contribution in [-0.4, -0.2) is 45.6 Å². The first-order valence-corrected chi connectivity index (χ1v) is 9.20. The molecule has 0 saturated carbocycles. The Balaban J connectivity index is 2.09. The molecule has 136 valence electrons. The van der Waals surface area contributed by atoms with Crippen molar-refractivity contribution < 1.29 is 13.6 Å². The highest BCUT2D eigenvalue weighted by Gasteiger charge is 2.18. The van der Waals surface area contributed by atoms with Crippen LogP contribution in [0.2, 0.25) is 0 Å². The molecule has 0 aliphatic rings. The molecule has 0 N–H and O–H groups in total. The van der Waals surface area contributed by atoms with Crippen LogP contribution in [-0.2, 0) is 4.79 Å². The molecular formula is C18H23F2N3OS. The van der Waals surface area contributed by atoms with Crippen molar-refractivity contribution >= 4 is 17.7 Å². The van der Waals surface area contributed by atoms with Crippen molar-refractivity contribution in [3.63, 3.8) is 0 Å². The number of carbonyl (C=O) groups is 1. The lowest BCUT2D eigenvalue weighted by molar-refractivity contribution is -0.130. The maximum absolute atomic E-state index is 12.6. The third-order valence-corrected chi connectivity index (χ3v) is 4.57. The fourth-order valence-corrected chi connectivity index (χ4v) is 3.53. The fraction of sp³-hybridized carbons (Fsp3) is 0.444. The zero-order valence-electron chi connectivity index (χ0n) is 14.7. The third-order valence-electron chi connectivity index (χ3n) is 3.62. The summed E-state index contributed by atoms with van der Waals surface area (Å²) in [5.74, 6) is -0.198. The highest BCUT2D eigenvalue weighted by atomic mass is 32.2. The van der Waals surface area contributed by atoms with E-state index in [2.05, 4.69) is 11.1 Å². The number of aromatic nitrogens is 2. The van der Waals surface area contributed by atoms with Crippen molar-refractivity contribution in [2.45, 2.75) is 38.8 Å². The number of thioether (sulfide) groups is 1. The van der Waals surface area contributed by atoms with Crippen LogP contribution >= 0.6 is 11.8 Å². The molecular weight excluding hydrogens is 344 g/mol. The van der Waals surface area contributed by atoms with Crippen molar-refractivity contribution in [1.29, 1.82) is 0 Å². The predicted molar refractivity (Wildman–Crippen MR) is 96.6 cm³/mol. The SMILES string of the molecule is CCCN(CC(F)F)C(=O)CSc1nccn1-c1cc(C)cc(C)c1. The summed E-state index contributed by atoms with van der Waals surface area (Å²) in [6.07, 6.45) is 1.65. The van der Waals surface area contributed by atoms with E-state index in [9.17, 15) is 13.6 Å². The molecule has 1 aromatic carbocycles. The van der Waals surface area contributed by atoms with E-state index in [1.807, 2.05) is 43.7 Å². The summed E-state index contributed by atoms with van der Waals surface area (Å²) in [5, 5.41) is 0.673. The first kappa shape index (κ1) is 19.4. The van der Waals surface area contributed by atoms with Crippen LogP contribution in [0.3, 0.4) is 0 Å². The second-order valence-corrected chi connectivity index (χ2v) is 6.89. The zero-order valence-corrected chi connectivity index (χ0v) is 15.5. The number of halogens is 2. The minimum atomic E-state index is -2.52. The number of carbonyl (C=O) groups excluding carboxylic acids is 1. The monoisotopic (exact) mass is 367 g/mol. The second-order valence-electron chi connectivity index (χ2n) is 5.95. The molecule has 2 rings (SSSR count). The van der Waals surface area contributed by atoms with E-state index in [1.165, 1.54) is 16.7 Å². The number of imidazole rings is 1. The highest BCUT2D eigenvalue weighted by molar-refractivity contribution is 7.99. The van der Waals surface area contributed by atoms with Crippen molar-refractivity contribution in [1.82, 2.24) is 14.5 Å². The standard InChI is InChI=1S/C18H23F2N3OS/c1-4-6-22(11-16(19)20)17(24)12-25-18-21-5-7-23(18)15-9-13(2)8-14(3)10-15/h5,7-10,16H,4,6,11-12H2,1-3H3. The van der Waals surface area contributed by atoms with E-state index in [-0.39, 0.29) is 11.7 Å². The number of rotatable bonds is 8. The molecule has 0 aliphatic carbocycles. The van der Waals surface area contributed by atoms with Gasteiger partial charge in [-0.2, -0.15) is 0 Å². The summed E-state index contributed by atoms with van der Waals surface area (Å²) >= 11 is 1.27. The normalized spacial score (nSPS) is 11.1. The number of hydrogen-bond acceptors (Lipinski definition) is 3. The molecule has 25 heavy (non-hydrogen) atoms. The minimum Gasteiger partial charge on any atom is -0.336 e. The minimum absolute atomic E-state index is 0.0918. The lowest BCUT2D eigenvalue weighted by Crippen LogP contribution is -2.36. The molecule has 0 spiro atoms. The molecule has 0 aliphatic heterocycles. The Morgan fingerprint density at radius 2 is 1.96 bits per heavy atom. The predicted octanol–water partition coefficient (Wildman–Crippen LogP) is 4.08. The number of aryl methyl sites for hydroxylation is 2. The molecule has 0 bridgehead atoms. The van der Waals surface area contributed by atoms with E-state index in [0.717, 1.165) is 16.8 Å². The Hall–Kier alpha value is -1.89. The van der Waals surface area contributed by atoms with Crippen molar-refractivity contribution in [2.75, 3.05) is 18.8 Å². The van der Waals surface area contributed by atoms with E-state index in [4.69, 9.17) is 0 Å². The molecule has 0 saturated heterocycles. The number of amides is 1. The van der Waals surface area contributed by atoms with Crippen LogP contribution in [0.15, 0.2) is 35.7 Å². The summed E-state index contributed by atoms with van der Waals surface area (Å²) in [6.45, 7) is 5.74. The molecule has 1 amide bonds. The van der Waals surface area contributed by atoms with Gasteiger partial charge in [-0.15, -0.1) is 0 Å². The average Bonchev–Trinajstić information content (AvgIpc) is 2.99. The highest BCUT2D eigenvalue weighted by Crippen LogP contribution is 2.22. The zero-order chi connectivity index (χ0) is 18.4. The molecule has 0 radical (unpaired) electrons. The van der Waals surface area contributed by atoms with Gasteiger partial charge in [0.2, 0.25) is 5.91 Å². The number of alkyl halides is 2. The smallest absolute Gasteiger partial charge is 0.255 e. The lowest BCUT2D eigenvalue weighted by atomic mass is 10.1. The fourth-order valence-electron chi connectivity index (χ4n) is 2.65. The number of benzene rings is 1. The molecule has 1 heterocycles. The van der Waals surface area contributed by atoms with Gasteiger partial charge in [0.15, 0.2) is 5.16 Å². The van der Waals surface area contributed by atoms with Gasteiger partial charge in [-0.25, -0.2) is 13.8 Å². The third kappa shape index (κ3) is 5.56. The molecule has 7 heteroatoms. The Bertz CT molecular complexity index is 698. The van der Waals surface area contributed by atoms with Crippen LogP contribution in [0.1, 0.15) is 24.5 Å². The van der Waals surface area contributed by atoms with Gasteiger partial charge in [0.25, 0.3) is 6.43 Å². The van der Waals surface area contributed by atoms with E-state index < -0.39 is 13.0 Å². The summed E-state index contributed by atoms with van der Waals surface area (Å²) in [7, 11) is 0. The maximum atomic E-state index is 12.6. The lowest BCUT2D eigenvalue weighted by Gasteiger charge is -2.21. The quantitative estimate of drug-likeness (QED) is 0.660. The van der Waals surface area contributed by atoms with Gasteiger partial charge in [-0.3, -0.25) is 9.36 Å². The van der Waals surface area contributed by atoms with Gasteiger partial charge in [-0.1, -0.05) is 24.8 Å². The van der Waals surface area contributed by atoms with Gasteiger partial charge in [0, 0.05) is 24.6 Å². The van der Waals surface area contributed by atoms with Crippen molar-refractivity contribution in [2.24, 2.45) is 0 Å². The van der Waals surface area contributed by atoms with Crippen LogP contribution in [0.25, 0.3) is 5.69 Å². The average molecular weight is 367 g/mol. The van der Waals surface area contributed by atoms with Gasteiger partial charge in [0.1, 0.15) is 0 Å². The Labute approximate surface area is 151 Å². The summed E-state index contributed by atoms with van der Waals surface area (Å²) < 4.78 is 27.2. The van der Waals surface area contributed by atoms with E-state index >= 15 is 0 Å². The Morgan fingerprint density at radius 3 is 2.56 bits per heavy atom. The van der Waals surface area contributed by atoms with Crippen LogP contribution < -0.4 is 0 Å². The van der Waals surface area contributed by atoms with Crippen LogP contribution in [0.5, 0.6) is 0 Å². The summed E-state index contributed by atoms with van der Waals surface area (Å²) in [4.78, 5) is 17.8. The van der Waals surface area contributed by atoms with E-state index in [1.54, 1.807) is 6.20 Å². The summed E-state index contributed by atoms with van der Waals surface area (Å²) in [6, 6.07) is 6.17. The molecule has 0 fully saturated rings.